The molecule has 26 heavy (non-hydrogen) atoms. The topological polar surface area (TPSA) is 50.6 Å². The van der Waals surface area contributed by atoms with Gasteiger partial charge in [0.05, 0.1) is 30.7 Å². The normalized spacial score (nSPS) is 21.3. The van der Waals surface area contributed by atoms with Gasteiger partial charge in [-0.2, -0.15) is 5.10 Å². The highest BCUT2D eigenvalue weighted by molar-refractivity contribution is 6.30. The highest BCUT2D eigenvalue weighted by atomic mass is 35.5. The van der Waals surface area contributed by atoms with Gasteiger partial charge < -0.3 is 9.64 Å². The van der Waals surface area contributed by atoms with Gasteiger partial charge in [-0.05, 0) is 31.0 Å². The summed E-state index contributed by atoms with van der Waals surface area (Å²) in [5.74, 6) is 0.0639. The zero-order valence-corrected chi connectivity index (χ0v) is 15.4. The Balaban J connectivity index is 1.46. The molecule has 2 aromatic rings. The van der Waals surface area contributed by atoms with Crippen LogP contribution >= 0.6 is 11.6 Å². The lowest BCUT2D eigenvalue weighted by Crippen LogP contribution is -2.46. The first-order valence-corrected chi connectivity index (χ1v) is 9.50. The summed E-state index contributed by atoms with van der Waals surface area (Å²) in [6.45, 7) is 5.21. The van der Waals surface area contributed by atoms with Crippen LogP contribution in [0.25, 0.3) is 5.69 Å². The number of morpholine rings is 1. The van der Waals surface area contributed by atoms with Gasteiger partial charge in [0.2, 0.25) is 0 Å². The van der Waals surface area contributed by atoms with Gasteiger partial charge in [0, 0.05) is 43.4 Å². The zero-order chi connectivity index (χ0) is 17.9. The number of nitrogens with zero attached hydrogens (tertiary/aromatic N) is 4. The molecule has 1 unspecified atom stereocenters. The number of hydrogen-bond donors (Lipinski definition) is 0. The van der Waals surface area contributed by atoms with Crippen molar-refractivity contribution in [2.75, 3.05) is 39.4 Å². The van der Waals surface area contributed by atoms with E-state index in [1.165, 1.54) is 0 Å². The van der Waals surface area contributed by atoms with Gasteiger partial charge in [-0.25, -0.2) is 4.68 Å². The van der Waals surface area contributed by atoms with Gasteiger partial charge in [0.25, 0.3) is 5.91 Å². The van der Waals surface area contributed by atoms with E-state index in [2.05, 4.69) is 10.00 Å². The van der Waals surface area contributed by atoms with Crippen LogP contribution in [0.3, 0.4) is 0 Å². The van der Waals surface area contributed by atoms with Crippen LogP contribution in [-0.2, 0) is 4.74 Å². The maximum atomic E-state index is 13.0. The van der Waals surface area contributed by atoms with Crippen molar-refractivity contribution in [2.45, 2.75) is 18.9 Å². The molecular weight excluding hydrogens is 352 g/mol. The van der Waals surface area contributed by atoms with Crippen LogP contribution in [0, 0.1) is 0 Å². The summed E-state index contributed by atoms with van der Waals surface area (Å²) >= 11 is 6.05. The molecule has 1 aromatic carbocycles. The number of carbonyl (C=O) groups excluding carboxylic acids is 1. The molecule has 2 aliphatic rings. The highest BCUT2D eigenvalue weighted by Gasteiger charge is 2.31. The van der Waals surface area contributed by atoms with E-state index in [0.29, 0.717) is 10.6 Å². The Labute approximate surface area is 158 Å². The summed E-state index contributed by atoms with van der Waals surface area (Å²) in [6.07, 6.45) is 5.56. The number of halogens is 1. The van der Waals surface area contributed by atoms with Gasteiger partial charge in [-0.1, -0.05) is 17.7 Å². The van der Waals surface area contributed by atoms with Gasteiger partial charge >= 0.3 is 0 Å². The smallest absolute Gasteiger partial charge is 0.257 e. The number of hydrogen-bond acceptors (Lipinski definition) is 4. The molecule has 4 rings (SSSR count). The molecule has 0 spiro atoms. The molecule has 138 valence electrons. The van der Waals surface area contributed by atoms with Crippen LogP contribution < -0.4 is 0 Å². The number of aromatic nitrogens is 2. The van der Waals surface area contributed by atoms with Gasteiger partial charge in [0.15, 0.2) is 0 Å². The number of ether oxygens (including phenoxy) is 1. The first-order chi connectivity index (χ1) is 12.7. The molecular formula is C19H23ClN4O2. The van der Waals surface area contributed by atoms with Crippen molar-refractivity contribution in [1.29, 1.82) is 0 Å². The number of likely N-dealkylation sites (tertiary alicyclic amines) is 1. The molecule has 7 heteroatoms. The van der Waals surface area contributed by atoms with E-state index < -0.39 is 0 Å². The maximum Gasteiger partial charge on any atom is 0.257 e. The third-order valence-electron chi connectivity index (χ3n) is 5.11. The number of carbonyl (C=O) groups is 1. The summed E-state index contributed by atoms with van der Waals surface area (Å²) in [5.41, 5.74) is 1.47. The van der Waals surface area contributed by atoms with Crippen LogP contribution in [-0.4, -0.2) is 70.9 Å². The predicted molar refractivity (Wildman–Crippen MR) is 99.9 cm³/mol. The average Bonchev–Trinajstić information content (AvgIpc) is 3.32. The average molecular weight is 375 g/mol. The SMILES string of the molecule is O=C(c1cnn(-c2cccc(Cl)c2)c1)N1CCCC1CN1CCOCC1. The van der Waals surface area contributed by atoms with Crippen LogP contribution in [0.2, 0.25) is 5.02 Å². The zero-order valence-electron chi connectivity index (χ0n) is 14.7. The third kappa shape index (κ3) is 3.77. The fraction of sp³-hybridized carbons (Fsp3) is 0.474. The van der Waals surface area contributed by atoms with Crippen LogP contribution in [0.5, 0.6) is 0 Å². The Hall–Kier alpha value is -1.89. The van der Waals surface area contributed by atoms with Crippen molar-refractivity contribution >= 4 is 17.5 Å². The van der Waals surface area contributed by atoms with Crippen molar-refractivity contribution in [2.24, 2.45) is 0 Å². The minimum atomic E-state index is 0.0639. The first-order valence-electron chi connectivity index (χ1n) is 9.12. The Kier molecular flexibility index (Phi) is 5.24. The Morgan fingerprint density at radius 3 is 2.92 bits per heavy atom. The van der Waals surface area contributed by atoms with E-state index in [-0.39, 0.29) is 11.9 Å². The van der Waals surface area contributed by atoms with Crippen molar-refractivity contribution in [1.82, 2.24) is 19.6 Å². The fourth-order valence-electron chi connectivity index (χ4n) is 3.73. The molecule has 3 heterocycles. The largest absolute Gasteiger partial charge is 0.379 e. The van der Waals surface area contributed by atoms with E-state index >= 15 is 0 Å². The number of benzene rings is 1. The molecule has 0 radical (unpaired) electrons. The second kappa shape index (κ2) is 7.78. The van der Waals surface area contributed by atoms with E-state index in [4.69, 9.17) is 16.3 Å². The Morgan fingerprint density at radius 1 is 1.27 bits per heavy atom. The molecule has 2 saturated heterocycles. The summed E-state index contributed by atoms with van der Waals surface area (Å²) in [4.78, 5) is 17.4. The second-order valence-corrected chi connectivity index (χ2v) is 7.30. The van der Waals surface area contributed by atoms with Gasteiger partial charge in [-0.3, -0.25) is 9.69 Å². The second-order valence-electron chi connectivity index (χ2n) is 6.86. The van der Waals surface area contributed by atoms with Gasteiger partial charge in [0.1, 0.15) is 0 Å². The molecule has 2 aliphatic heterocycles. The van der Waals surface area contributed by atoms with Crippen LogP contribution in [0.4, 0.5) is 0 Å². The minimum Gasteiger partial charge on any atom is -0.379 e. The van der Waals surface area contributed by atoms with Gasteiger partial charge in [-0.15, -0.1) is 0 Å². The van der Waals surface area contributed by atoms with E-state index in [1.54, 1.807) is 17.1 Å². The summed E-state index contributed by atoms with van der Waals surface area (Å²) < 4.78 is 7.12. The van der Waals surface area contributed by atoms with E-state index in [0.717, 1.165) is 57.9 Å². The van der Waals surface area contributed by atoms with E-state index in [9.17, 15) is 4.79 Å². The molecule has 1 atom stereocenters. The quantitative estimate of drug-likeness (QED) is 0.825. The standard InChI is InChI=1S/C19H23ClN4O2/c20-16-3-1-4-17(11-16)24-13-15(12-21-24)19(25)23-6-2-5-18(23)14-22-7-9-26-10-8-22/h1,3-4,11-13,18H,2,5-10,14H2. The molecule has 0 N–H and O–H groups in total. The van der Waals surface area contributed by atoms with Crippen molar-refractivity contribution in [3.05, 3.63) is 47.2 Å². The van der Waals surface area contributed by atoms with Crippen molar-refractivity contribution in [3.8, 4) is 5.69 Å². The predicted octanol–water partition coefficient (Wildman–Crippen LogP) is 2.46. The molecule has 0 saturated carbocycles. The lowest BCUT2D eigenvalue weighted by Gasteiger charge is -2.32. The molecule has 6 nitrogen and oxygen atoms in total. The highest BCUT2D eigenvalue weighted by Crippen LogP contribution is 2.22. The molecule has 0 aliphatic carbocycles. The molecule has 1 amide bonds. The summed E-state index contributed by atoms with van der Waals surface area (Å²) in [5, 5.41) is 4.99. The summed E-state index contributed by atoms with van der Waals surface area (Å²) in [6, 6.07) is 7.72. The Morgan fingerprint density at radius 2 is 2.12 bits per heavy atom. The van der Waals surface area contributed by atoms with Crippen LogP contribution in [0.1, 0.15) is 23.2 Å². The van der Waals surface area contributed by atoms with Crippen molar-refractivity contribution in [3.63, 3.8) is 0 Å². The number of rotatable bonds is 4. The maximum absolute atomic E-state index is 13.0. The van der Waals surface area contributed by atoms with Crippen molar-refractivity contribution < 1.29 is 9.53 Å². The van der Waals surface area contributed by atoms with E-state index in [1.807, 2.05) is 29.2 Å². The molecule has 2 fully saturated rings. The van der Waals surface area contributed by atoms with Crippen LogP contribution in [0.15, 0.2) is 36.7 Å². The number of amides is 1. The first kappa shape index (κ1) is 17.5. The fourth-order valence-corrected chi connectivity index (χ4v) is 3.92. The Bertz CT molecular complexity index is 772. The molecule has 1 aromatic heterocycles. The third-order valence-corrected chi connectivity index (χ3v) is 5.35. The minimum absolute atomic E-state index is 0.0639. The summed E-state index contributed by atoms with van der Waals surface area (Å²) in [7, 11) is 0. The molecule has 0 bridgehead atoms. The monoisotopic (exact) mass is 374 g/mol. The lowest BCUT2D eigenvalue weighted by molar-refractivity contribution is 0.0261. The lowest BCUT2D eigenvalue weighted by atomic mass is 10.2.